The fourth-order valence-corrected chi connectivity index (χ4v) is 4.66. The molecule has 2 amide bonds. The number of amides is 2. The third-order valence-electron chi connectivity index (χ3n) is 6.18. The van der Waals surface area contributed by atoms with E-state index in [1.165, 1.54) is 37.7 Å². The zero-order valence-electron chi connectivity index (χ0n) is 15.5. The van der Waals surface area contributed by atoms with Crippen LogP contribution in [-0.4, -0.2) is 43.0 Å². The summed E-state index contributed by atoms with van der Waals surface area (Å²) in [6, 6.07) is 10.6. The second-order valence-corrected chi connectivity index (χ2v) is 7.83. The third kappa shape index (κ3) is 3.89. The standard InChI is InChI=1S/C21H30N2O3/c24-20(23-13-11-21(12-14-23)25-15-16-26-21)22-19(17-7-3-1-4-8-17)18-9-5-2-6-10-18/h1,3-4,7-8,18-19H,2,5-6,9-16H2,(H,22,24). The molecule has 1 aromatic rings. The lowest BCUT2D eigenvalue weighted by atomic mass is 9.81. The number of ether oxygens (including phenoxy) is 2. The van der Waals surface area contributed by atoms with Crippen LogP contribution < -0.4 is 5.32 Å². The lowest BCUT2D eigenvalue weighted by molar-refractivity contribution is -0.181. The summed E-state index contributed by atoms with van der Waals surface area (Å²) < 4.78 is 11.5. The number of hydrogen-bond acceptors (Lipinski definition) is 3. The average Bonchev–Trinajstić information content (AvgIpc) is 3.16. The van der Waals surface area contributed by atoms with E-state index in [1.807, 2.05) is 11.0 Å². The first-order valence-corrected chi connectivity index (χ1v) is 10.1. The number of piperidine rings is 1. The quantitative estimate of drug-likeness (QED) is 0.893. The van der Waals surface area contributed by atoms with E-state index in [9.17, 15) is 4.79 Å². The summed E-state index contributed by atoms with van der Waals surface area (Å²) in [5.41, 5.74) is 1.23. The van der Waals surface area contributed by atoms with Gasteiger partial charge >= 0.3 is 6.03 Å². The van der Waals surface area contributed by atoms with Crippen molar-refractivity contribution in [3.05, 3.63) is 35.9 Å². The van der Waals surface area contributed by atoms with Crippen LogP contribution in [0.3, 0.4) is 0 Å². The van der Waals surface area contributed by atoms with Gasteiger partial charge in [-0.2, -0.15) is 0 Å². The molecule has 1 atom stereocenters. The van der Waals surface area contributed by atoms with Crippen LogP contribution in [0.2, 0.25) is 0 Å². The van der Waals surface area contributed by atoms with E-state index < -0.39 is 5.79 Å². The Balaban J connectivity index is 1.41. The summed E-state index contributed by atoms with van der Waals surface area (Å²) in [5, 5.41) is 3.36. The number of likely N-dealkylation sites (tertiary alicyclic amines) is 1. The van der Waals surface area contributed by atoms with Crippen molar-refractivity contribution in [3.63, 3.8) is 0 Å². The molecule has 142 valence electrons. The van der Waals surface area contributed by atoms with Gasteiger partial charge in [0.05, 0.1) is 19.3 Å². The van der Waals surface area contributed by atoms with E-state index in [0.29, 0.717) is 32.2 Å². The number of carbonyl (C=O) groups is 1. The molecular weight excluding hydrogens is 328 g/mol. The highest BCUT2D eigenvalue weighted by Crippen LogP contribution is 2.35. The molecule has 1 aromatic carbocycles. The van der Waals surface area contributed by atoms with E-state index in [0.717, 1.165) is 12.8 Å². The van der Waals surface area contributed by atoms with Crippen molar-refractivity contribution in [1.82, 2.24) is 10.2 Å². The third-order valence-corrected chi connectivity index (χ3v) is 6.18. The summed E-state index contributed by atoms with van der Waals surface area (Å²) in [6.45, 7) is 2.73. The van der Waals surface area contributed by atoms with Gasteiger partial charge in [-0.25, -0.2) is 4.79 Å². The Hall–Kier alpha value is -1.59. The summed E-state index contributed by atoms with van der Waals surface area (Å²) in [5.74, 6) is 0.103. The van der Waals surface area contributed by atoms with Crippen molar-refractivity contribution in [3.8, 4) is 0 Å². The molecule has 0 bridgehead atoms. The maximum atomic E-state index is 13.0. The number of nitrogens with one attached hydrogen (secondary N) is 1. The number of carbonyl (C=O) groups excluding carboxylic acids is 1. The largest absolute Gasteiger partial charge is 0.347 e. The molecule has 3 aliphatic rings. The summed E-state index contributed by atoms with van der Waals surface area (Å²) >= 11 is 0. The molecule has 0 aromatic heterocycles. The number of urea groups is 1. The van der Waals surface area contributed by atoms with Crippen molar-refractivity contribution in [2.45, 2.75) is 56.8 Å². The second kappa shape index (κ2) is 7.97. The first-order chi connectivity index (χ1) is 12.8. The first-order valence-electron chi connectivity index (χ1n) is 10.1. The van der Waals surface area contributed by atoms with Gasteiger partial charge in [0.1, 0.15) is 0 Å². The summed E-state index contributed by atoms with van der Waals surface area (Å²) in [4.78, 5) is 14.9. The molecular formula is C21H30N2O3. The molecule has 2 saturated heterocycles. The normalized spacial score (nSPS) is 24.5. The van der Waals surface area contributed by atoms with Gasteiger partial charge in [0.25, 0.3) is 0 Å². The maximum absolute atomic E-state index is 13.0. The molecule has 2 heterocycles. The highest BCUT2D eigenvalue weighted by molar-refractivity contribution is 5.75. The Morgan fingerprint density at radius 1 is 1.04 bits per heavy atom. The average molecular weight is 358 g/mol. The monoisotopic (exact) mass is 358 g/mol. The Labute approximate surface area is 156 Å². The lowest BCUT2D eigenvalue weighted by Gasteiger charge is -2.39. The highest BCUT2D eigenvalue weighted by Gasteiger charge is 2.41. The number of hydrogen-bond donors (Lipinski definition) is 1. The van der Waals surface area contributed by atoms with Gasteiger partial charge in [-0.15, -0.1) is 0 Å². The van der Waals surface area contributed by atoms with Crippen molar-refractivity contribution in [2.24, 2.45) is 5.92 Å². The first kappa shape index (κ1) is 17.8. The highest BCUT2D eigenvalue weighted by atomic mass is 16.7. The van der Waals surface area contributed by atoms with Gasteiger partial charge < -0.3 is 19.7 Å². The predicted octanol–water partition coefficient (Wildman–Crippen LogP) is 3.86. The molecule has 0 radical (unpaired) electrons. The summed E-state index contributed by atoms with van der Waals surface area (Å²) in [6.07, 6.45) is 7.78. The molecule has 1 aliphatic carbocycles. The molecule has 1 unspecified atom stereocenters. The summed E-state index contributed by atoms with van der Waals surface area (Å²) in [7, 11) is 0. The van der Waals surface area contributed by atoms with Crippen LogP contribution in [0.25, 0.3) is 0 Å². The van der Waals surface area contributed by atoms with Crippen molar-refractivity contribution < 1.29 is 14.3 Å². The van der Waals surface area contributed by atoms with Crippen LogP contribution in [-0.2, 0) is 9.47 Å². The zero-order valence-corrected chi connectivity index (χ0v) is 15.5. The van der Waals surface area contributed by atoms with E-state index in [1.54, 1.807) is 0 Å². The Morgan fingerprint density at radius 2 is 1.69 bits per heavy atom. The SMILES string of the molecule is O=C(NC(c1ccccc1)C1CCCCC1)N1CCC2(CC1)OCCO2. The van der Waals surface area contributed by atoms with Gasteiger partial charge in [0, 0.05) is 25.9 Å². The topological polar surface area (TPSA) is 50.8 Å². The molecule has 2 aliphatic heterocycles. The molecule has 5 heteroatoms. The van der Waals surface area contributed by atoms with Gasteiger partial charge in [-0.05, 0) is 24.3 Å². The number of benzene rings is 1. The molecule has 1 saturated carbocycles. The van der Waals surface area contributed by atoms with Crippen LogP contribution >= 0.6 is 0 Å². The Bertz CT molecular complexity index is 585. The van der Waals surface area contributed by atoms with Gasteiger partial charge in [-0.1, -0.05) is 49.6 Å². The minimum atomic E-state index is -0.432. The van der Waals surface area contributed by atoms with E-state index in [4.69, 9.17) is 9.47 Å². The fourth-order valence-electron chi connectivity index (χ4n) is 4.66. The number of nitrogens with zero attached hydrogens (tertiary/aromatic N) is 1. The van der Waals surface area contributed by atoms with Crippen LogP contribution in [0.4, 0.5) is 4.79 Å². The molecule has 5 nitrogen and oxygen atoms in total. The Morgan fingerprint density at radius 3 is 2.35 bits per heavy atom. The smallest absolute Gasteiger partial charge is 0.317 e. The molecule has 4 rings (SSSR count). The van der Waals surface area contributed by atoms with Crippen LogP contribution in [0, 0.1) is 5.92 Å². The fraction of sp³-hybridized carbons (Fsp3) is 0.667. The molecule has 3 fully saturated rings. The number of rotatable bonds is 3. The van der Waals surface area contributed by atoms with E-state index >= 15 is 0 Å². The lowest BCUT2D eigenvalue weighted by Crippen LogP contribution is -2.51. The predicted molar refractivity (Wildman–Crippen MR) is 99.7 cm³/mol. The van der Waals surface area contributed by atoms with E-state index in [-0.39, 0.29) is 12.1 Å². The zero-order chi connectivity index (χ0) is 17.8. The van der Waals surface area contributed by atoms with Crippen LogP contribution in [0.1, 0.15) is 56.6 Å². The molecule has 1 spiro atoms. The van der Waals surface area contributed by atoms with Crippen LogP contribution in [0.15, 0.2) is 30.3 Å². The second-order valence-electron chi connectivity index (χ2n) is 7.83. The minimum absolute atomic E-state index is 0.0530. The van der Waals surface area contributed by atoms with Gasteiger partial charge in [0.15, 0.2) is 5.79 Å². The minimum Gasteiger partial charge on any atom is -0.347 e. The van der Waals surface area contributed by atoms with Crippen LogP contribution in [0.5, 0.6) is 0 Å². The van der Waals surface area contributed by atoms with Gasteiger partial charge in [-0.3, -0.25) is 0 Å². The maximum Gasteiger partial charge on any atom is 0.317 e. The Kier molecular flexibility index (Phi) is 5.46. The van der Waals surface area contributed by atoms with Crippen molar-refractivity contribution in [2.75, 3.05) is 26.3 Å². The molecule has 1 N–H and O–H groups in total. The van der Waals surface area contributed by atoms with Crippen molar-refractivity contribution >= 4 is 6.03 Å². The van der Waals surface area contributed by atoms with E-state index in [2.05, 4.69) is 29.6 Å². The van der Waals surface area contributed by atoms with Gasteiger partial charge in [0.2, 0.25) is 0 Å². The van der Waals surface area contributed by atoms with Crippen molar-refractivity contribution in [1.29, 1.82) is 0 Å². The molecule has 26 heavy (non-hydrogen) atoms.